The van der Waals surface area contributed by atoms with Crippen molar-refractivity contribution in [2.45, 2.75) is 26.3 Å². The maximum absolute atomic E-state index is 13.0. The van der Waals surface area contributed by atoms with Crippen LogP contribution in [0.3, 0.4) is 0 Å². The molecule has 1 amide bonds. The van der Waals surface area contributed by atoms with Crippen LogP contribution in [0, 0.1) is 5.82 Å². The third kappa shape index (κ3) is 4.94. The molecule has 0 atom stereocenters. The highest BCUT2D eigenvalue weighted by Gasteiger charge is 2.15. The lowest BCUT2D eigenvalue weighted by Gasteiger charge is -2.08. The second kappa shape index (κ2) is 8.98. The molecule has 1 heterocycles. The Hall–Kier alpha value is -3.15. The van der Waals surface area contributed by atoms with Gasteiger partial charge in [-0.2, -0.15) is 5.10 Å². The summed E-state index contributed by atoms with van der Waals surface area (Å²) in [5.74, 6) is 0.254. The van der Waals surface area contributed by atoms with Gasteiger partial charge in [-0.25, -0.2) is 4.39 Å². The highest BCUT2D eigenvalue weighted by molar-refractivity contribution is 5.99. The number of aromatic amines is 1. The number of H-pyrrole nitrogens is 1. The lowest BCUT2D eigenvalue weighted by Crippen LogP contribution is -2.22. The molecule has 2 aromatic carbocycles. The summed E-state index contributed by atoms with van der Waals surface area (Å²) in [5, 5.41) is 9.71. The summed E-state index contributed by atoms with van der Waals surface area (Å²) in [6.07, 6.45) is 3.60. The largest absolute Gasteiger partial charge is 0.494 e. The Kier molecular flexibility index (Phi) is 6.20. The molecule has 0 fully saturated rings. The van der Waals surface area contributed by atoms with E-state index in [1.807, 2.05) is 24.3 Å². The summed E-state index contributed by atoms with van der Waals surface area (Å²) >= 11 is 0. The van der Waals surface area contributed by atoms with Crippen molar-refractivity contribution >= 4 is 5.91 Å². The minimum absolute atomic E-state index is 0.244. The number of ether oxygens (including phenoxy) is 1. The zero-order chi connectivity index (χ0) is 19.1. The van der Waals surface area contributed by atoms with Crippen LogP contribution >= 0.6 is 0 Å². The number of carbonyl (C=O) groups excluding carboxylic acids is 1. The Labute approximate surface area is 157 Å². The predicted molar refractivity (Wildman–Crippen MR) is 102 cm³/mol. The molecule has 0 saturated heterocycles. The van der Waals surface area contributed by atoms with Crippen molar-refractivity contribution in [1.82, 2.24) is 15.5 Å². The van der Waals surface area contributed by atoms with Crippen LogP contribution < -0.4 is 10.1 Å². The molecule has 0 bridgehead atoms. The Morgan fingerprint density at radius 2 is 1.89 bits per heavy atom. The van der Waals surface area contributed by atoms with E-state index < -0.39 is 0 Å². The van der Waals surface area contributed by atoms with Gasteiger partial charge in [0.25, 0.3) is 5.91 Å². The van der Waals surface area contributed by atoms with Crippen LogP contribution in [0.25, 0.3) is 11.3 Å². The number of unbranched alkanes of at least 4 members (excludes halogenated alkanes) is 1. The molecular formula is C21H22FN3O2. The molecule has 0 saturated carbocycles. The van der Waals surface area contributed by atoms with E-state index in [1.165, 1.54) is 18.3 Å². The Bertz CT molecular complexity index is 873. The van der Waals surface area contributed by atoms with Crippen molar-refractivity contribution in [2.75, 3.05) is 6.61 Å². The molecule has 1 aromatic heterocycles. The van der Waals surface area contributed by atoms with Crippen LogP contribution in [-0.4, -0.2) is 22.7 Å². The van der Waals surface area contributed by atoms with Gasteiger partial charge in [0.15, 0.2) is 0 Å². The summed E-state index contributed by atoms with van der Waals surface area (Å²) in [7, 11) is 0. The molecule has 3 rings (SSSR count). The molecule has 27 heavy (non-hydrogen) atoms. The van der Waals surface area contributed by atoms with Crippen LogP contribution in [0.1, 0.15) is 35.7 Å². The number of rotatable bonds is 8. The number of nitrogens with one attached hydrogen (secondary N) is 2. The summed E-state index contributed by atoms with van der Waals surface area (Å²) in [5.41, 5.74) is 2.77. The monoisotopic (exact) mass is 367 g/mol. The second-order valence-electron chi connectivity index (χ2n) is 6.19. The van der Waals surface area contributed by atoms with E-state index in [9.17, 15) is 9.18 Å². The van der Waals surface area contributed by atoms with Gasteiger partial charge in [0.2, 0.25) is 0 Å². The maximum Gasteiger partial charge on any atom is 0.255 e. The lowest BCUT2D eigenvalue weighted by molar-refractivity contribution is 0.0951. The standard InChI is InChI=1S/C21H22FN3O2/c1-2-3-12-27-18-10-6-16(7-11-18)20-19(14-24-25-20)21(26)23-13-15-4-8-17(22)9-5-15/h4-11,14H,2-3,12-13H2,1H3,(H,23,26)(H,24,25). The van der Waals surface area contributed by atoms with E-state index in [-0.39, 0.29) is 11.7 Å². The van der Waals surface area contributed by atoms with Gasteiger partial charge in [-0.1, -0.05) is 25.5 Å². The smallest absolute Gasteiger partial charge is 0.255 e. The first-order valence-electron chi connectivity index (χ1n) is 8.96. The third-order valence-corrected chi connectivity index (χ3v) is 4.16. The summed E-state index contributed by atoms with van der Waals surface area (Å²) in [6, 6.07) is 13.6. The highest BCUT2D eigenvalue weighted by Crippen LogP contribution is 2.24. The average Bonchev–Trinajstić information content (AvgIpc) is 3.18. The number of benzene rings is 2. The third-order valence-electron chi connectivity index (χ3n) is 4.16. The van der Waals surface area contributed by atoms with Gasteiger partial charge in [-0.15, -0.1) is 0 Å². The van der Waals surface area contributed by atoms with Gasteiger partial charge in [0.1, 0.15) is 11.6 Å². The number of hydrogen-bond donors (Lipinski definition) is 2. The second-order valence-corrected chi connectivity index (χ2v) is 6.19. The molecule has 6 heteroatoms. The molecule has 2 N–H and O–H groups in total. The quantitative estimate of drug-likeness (QED) is 0.583. The first kappa shape index (κ1) is 18.6. The maximum atomic E-state index is 13.0. The van der Waals surface area contributed by atoms with Crippen molar-refractivity contribution < 1.29 is 13.9 Å². The van der Waals surface area contributed by atoms with Crippen molar-refractivity contribution in [3.8, 4) is 17.0 Å². The number of hydrogen-bond acceptors (Lipinski definition) is 3. The normalized spacial score (nSPS) is 10.6. The Morgan fingerprint density at radius 3 is 2.59 bits per heavy atom. The van der Waals surface area contributed by atoms with Gasteiger partial charge in [0, 0.05) is 12.1 Å². The number of aromatic nitrogens is 2. The van der Waals surface area contributed by atoms with Crippen LogP contribution in [0.4, 0.5) is 4.39 Å². The van der Waals surface area contributed by atoms with E-state index in [4.69, 9.17) is 4.74 Å². The van der Waals surface area contributed by atoms with Crippen LogP contribution in [0.15, 0.2) is 54.7 Å². The van der Waals surface area contributed by atoms with Gasteiger partial charge in [0.05, 0.1) is 24.1 Å². The Balaban J connectivity index is 1.65. The number of amides is 1. The van der Waals surface area contributed by atoms with Gasteiger partial charge in [-0.3, -0.25) is 9.89 Å². The van der Waals surface area contributed by atoms with Crippen molar-refractivity contribution in [3.63, 3.8) is 0 Å². The molecule has 0 aliphatic rings. The van der Waals surface area contributed by atoms with Gasteiger partial charge < -0.3 is 10.1 Å². The summed E-state index contributed by atoms with van der Waals surface area (Å²) in [4.78, 5) is 12.5. The van der Waals surface area contributed by atoms with E-state index in [2.05, 4.69) is 22.4 Å². The van der Waals surface area contributed by atoms with Crippen LogP contribution in [0.5, 0.6) is 5.75 Å². The molecule has 0 radical (unpaired) electrons. The number of carbonyl (C=O) groups is 1. The molecule has 5 nitrogen and oxygen atoms in total. The van der Waals surface area contributed by atoms with E-state index >= 15 is 0 Å². The molecule has 0 spiro atoms. The fourth-order valence-electron chi connectivity index (χ4n) is 2.61. The van der Waals surface area contributed by atoms with Gasteiger partial charge >= 0.3 is 0 Å². The Morgan fingerprint density at radius 1 is 1.15 bits per heavy atom. The summed E-state index contributed by atoms with van der Waals surface area (Å²) in [6.45, 7) is 3.12. The zero-order valence-corrected chi connectivity index (χ0v) is 15.2. The lowest BCUT2D eigenvalue weighted by atomic mass is 10.1. The predicted octanol–water partition coefficient (Wildman–Crippen LogP) is 4.32. The van der Waals surface area contributed by atoms with E-state index in [1.54, 1.807) is 12.1 Å². The molecular weight excluding hydrogens is 345 g/mol. The number of nitrogens with zero attached hydrogens (tertiary/aromatic N) is 1. The topological polar surface area (TPSA) is 67.0 Å². The SMILES string of the molecule is CCCCOc1ccc(-c2[nH]ncc2C(=O)NCc2ccc(F)cc2)cc1. The molecule has 0 aliphatic carbocycles. The van der Waals surface area contributed by atoms with Crippen molar-refractivity contribution in [3.05, 3.63) is 71.7 Å². The minimum Gasteiger partial charge on any atom is -0.494 e. The summed E-state index contributed by atoms with van der Waals surface area (Å²) < 4.78 is 18.6. The molecule has 3 aromatic rings. The average molecular weight is 367 g/mol. The first-order valence-corrected chi connectivity index (χ1v) is 8.96. The minimum atomic E-state index is -0.302. The van der Waals surface area contributed by atoms with E-state index in [0.29, 0.717) is 24.4 Å². The fourth-order valence-corrected chi connectivity index (χ4v) is 2.61. The van der Waals surface area contributed by atoms with Gasteiger partial charge in [-0.05, 0) is 48.4 Å². The van der Waals surface area contributed by atoms with E-state index in [0.717, 1.165) is 29.7 Å². The van der Waals surface area contributed by atoms with Crippen molar-refractivity contribution in [2.24, 2.45) is 0 Å². The van der Waals surface area contributed by atoms with Crippen molar-refractivity contribution in [1.29, 1.82) is 0 Å². The highest BCUT2D eigenvalue weighted by atomic mass is 19.1. The molecule has 0 unspecified atom stereocenters. The van der Waals surface area contributed by atoms with Crippen LogP contribution in [-0.2, 0) is 6.54 Å². The fraction of sp³-hybridized carbons (Fsp3) is 0.238. The zero-order valence-electron chi connectivity index (χ0n) is 15.2. The van der Waals surface area contributed by atoms with Crippen LogP contribution in [0.2, 0.25) is 0 Å². The first-order chi connectivity index (χ1) is 13.2. The molecule has 0 aliphatic heterocycles. The molecule has 140 valence electrons. The number of halogens is 1.